The largest absolute Gasteiger partial charge is 0.455 e. The molecule has 3 aromatic heterocycles. The molecule has 0 saturated heterocycles. The van der Waals surface area contributed by atoms with Crippen LogP contribution in [-0.2, 0) is 5.41 Å². The SMILES string of the molecule is CC1(C)c2ccccc2-c2ccc(-n3c4ccccc4c4c5oc6ccccc6c5c5c6ccccc6oc5c43)cc21. The molecule has 0 amide bonds. The van der Waals surface area contributed by atoms with E-state index in [2.05, 4.69) is 122 Å². The highest BCUT2D eigenvalue weighted by Crippen LogP contribution is 2.51. The lowest BCUT2D eigenvalue weighted by Crippen LogP contribution is -2.15. The van der Waals surface area contributed by atoms with Crippen LogP contribution in [0.3, 0.4) is 0 Å². The third-order valence-corrected chi connectivity index (χ3v) is 9.58. The van der Waals surface area contributed by atoms with E-state index in [4.69, 9.17) is 8.83 Å². The lowest BCUT2D eigenvalue weighted by molar-refractivity contribution is 0.659. The van der Waals surface area contributed by atoms with Crippen molar-refractivity contribution in [2.75, 3.05) is 0 Å². The number of hydrogen-bond acceptors (Lipinski definition) is 2. The van der Waals surface area contributed by atoms with E-state index in [0.29, 0.717) is 0 Å². The van der Waals surface area contributed by atoms with E-state index in [0.717, 1.165) is 71.4 Å². The normalized spacial score (nSPS) is 14.1. The van der Waals surface area contributed by atoms with Crippen molar-refractivity contribution in [2.45, 2.75) is 19.3 Å². The zero-order chi connectivity index (χ0) is 27.7. The van der Waals surface area contributed by atoms with Crippen LogP contribution in [0, 0.1) is 0 Å². The number of rotatable bonds is 1. The monoisotopic (exact) mass is 539 g/mol. The van der Waals surface area contributed by atoms with Gasteiger partial charge in [-0.1, -0.05) is 98.8 Å². The molecule has 0 spiro atoms. The fourth-order valence-corrected chi connectivity index (χ4v) is 7.71. The summed E-state index contributed by atoms with van der Waals surface area (Å²) in [7, 11) is 0. The average Bonchev–Trinajstić information content (AvgIpc) is 3.74. The zero-order valence-electron chi connectivity index (χ0n) is 23.2. The van der Waals surface area contributed by atoms with Gasteiger partial charge in [0.25, 0.3) is 0 Å². The lowest BCUT2D eigenvalue weighted by Gasteiger charge is -2.22. The Balaban J connectivity index is 1.43. The van der Waals surface area contributed by atoms with E-state index < -0.39 is 0 Å². The minimum Gasteiger partial charge on any atom is -0.455 e. The number of benzene rings is 6. The van der Waals surface area contributed by atoms with Crippen LogP contribution in [0.25, 0.3) is 82.5 Å². The standard InChI is InChI=1S/C39H25NO2/c1-39(2)28-15-7-3-11-23(28)24-20-19-22(21-29(24)39)40-30-16-8-4-12-25(30)35-36(40)38-34(27-14-6-10-18-32(27)42-38)33-26-13-5-9-17-31(26)41-37(33)35/h3-21H,1-2H3. The molecule has 3 heteroatoms. The van der Waals surface area contributed by atoms with Crippen molar-refractivity contribution in [3.63, 3.8) is 0 Å². The van der Waals surface area contributed by atoms with Gasteiger partial charge in [0.05, 0.1) is 10.9 Å². The third-order valence-electron chi connectivity index (χ3n) is 9.58. The van der Waals surface area contributed by atoms with Gasteiger partial charge in [0, 0.05) is 38.0 Å². The quantitative estimate of drug-likeness (QED) is 0.208. The van der Waals surface area contributed by atoms with Crippen LogP contribution in [0.5, 0.6) is 0 Å². The van der Waals surface area contributed by atoms with Gasteiger partial charge in [-0.2, -0.15) is 0 Å². The molecular weight excluding hydrogens is 514 g/mol. The molecule has 10 rings (SSSR count). The summed E-state index contributed by atoms with van der Waals surface area (Å²) in [6.07, 6.45) is 0. The molecule has 198 valence electrons. The van der Waals surface area contributed by atoms with Crippen LogP contribution in [0.15, 0.2) is 124 Å². The highest BCUT2D eigenvalue weighted by Gasteiger charge is 2.36. The number of aromatic nitrogens is 1. The molecule has 0 aliphatic heterocycles. The highest BCUT2D eigenvalue weighted by atomic mass is 16.3. The number of furan rings is 2. The Bertz CT molecular complexity index is 2610. The van der Waals surface area contributed by atoms with Crippen LogP contribution < -0.4 is 0 Å². The van der Waals surface area contributed by atoms with Crippen molar-refractivity contribution in [1.29, 1.82) is 0 Å². The van der Waals surface area contributed by atoms with E-state index in [-0.39, 0.29) is 5.41 Å². The van der Waals surface area contributed by atoms with Crippen molar-refractivity contribution in [3.05, 3.63) is 126 Å². The summed E-state index contributed by atoms with van der Waals surface area (Å²) >= 11 is 0. The fraction of sp³-hybridized carbons (Fsp3) is 0.0769. The molecule has 0 atom stereocenters. The number of para-hydroxylation sites is 3. The summed E-state index contributed by atoms with van der Waals surface area (Å²) in [5, 5.41) is 6.68. The van der Waals surface area contributed by atoms with Gasteiger partial charge in [-0.05, 0) is 52.6 Å². The number of hydrogen-bond donors (Lipinski definition) is 0. The van der Waals surface area contributed by atoms with Crippen LogP contribution in [0.2, 0.25) is 0 Å². The highest BCUT2D eigenvalue weighted by molar-refractivity contribution is 6.38. The lowest BCUT2D eigenvalue weighted by atomic mass is 9.82. The van der Waals surface area contributed by atoms with Crippen molar-refractivity contribution in [2.24, 2.45) is 0 Å². The summed E-state index contributed by atoms with van der Waals surface area (Å²) in [5.41, 5.74) is 12.1. The van der Waals surface area contributed by atoms with Gasteiger partial charge in [0.2, 0.25) is 0 Å². The Hall–Kier alpha value is -5.28. The number of fused-ring (bicyclic) bond motifs is 15. The molecule has 3 nitrogen and oxygen atoms in total. The topological polar surface area (TPSA) is 31.2 Å². The Morgan fingerprint density at radius 2 is 1.12 bits per heavy atom. The van der Waals surface area contributed by atoms with Gasteiger partial charge in [0.1, 0.15) is 22.3 Å². The second kappa shape index (κ2) is 7.51. The predicted molar refractivity (Wildman–Crippen MR) is 173 cm³/mol. The molecule has 3 heterocycles. The predicted octanol–water partition coefficient (Wildman–Crippen LogP) is 10.9. The van der Waals surface area contributed by atoms with Crippen LogP contribution in [0.1, 0.15) is 25.0 Å². The molecule has 6 aromatic carbocycles. The minimum atomic E-state index is -0.0959. The molecule has 1 aliphatic carbocycles. The molecular formula is C39H25NO2. The van der Waals surface area contributed by atoms with E-state index in [9.17, 15) is 0 Å². The summed E-state index contributed by atoms with van der Waals surface area (Å²) in [6, 6.07) is 41.1. The van der Waals surface area contributed by atoms with Gasteiger partial charge in [-0.15, -0.1) is 0 Å². The van der Waals surface area contributed by atoms with Crippen molar-refractivity contribution < 1.29 is 8.83 Å². The van der Waals surface area contributed by atoms with Crippen molar-refractivity contribution in [1.82, 2.24) is 4.57 Å². The Labute approximate surface area is 241 Å². The Morgan fingerprint density at radius 1 is 0.524 bits per heavy atom. The fourth-order valence-electron chi connectivity index (χ4n) is 7.71. The first-order valence-corrected chi connectivity index (χ1v) is 14.5. The van der Waals surface area contributed by atoms with Gasteiger partial charge >= 0.3 is 0 Å². The molecule has 0 fully saturated rings. The molecule has 0 radical (unpaired) electrons. The summed E-state index contributed by atoms with van der Waals surface area (Å²) in [6.45, 7) is 4.67. The smallest absolute Gasteiger partial charge is 0.160 e. The second-order valence-corrected chi connectivity index (χ2v) is 12.1. The van der Waals surface area contributed by atoms with Crippen molar-refractivity contribution >= 4 is 65.7 Å². The maximum absolute atomic E-state index is 6.81. The second-order valence-electron chi connectivity index (χ2n) is 12.1. The van der Waals surface area contributed by atoms with Gasteiger partial charge in [0.15, 0.2) is 5.58 Å². The Kier molecular flexibility index (Phi) is 4.01. The number of nitrogens with zero attached hydrogens (tertiary/aromatic N) is 1. The summed E-state index contributed by atoms with van der Waals surface area (Å²) in [4.78, 5) is 0. The van der Waals surface area contributed by atoms with E-state index in [1.54, 1.807) is 0 Å². The molecule has 1 aliphatic rings. The third kappa shape index (κ3) is 2.58. The first-order chi connectivity index (χ1) is 20.6. The maximum Gasteiger partial charge on any atom is 0.160 e. The summed E-state index contributed by atoms with van der Waals surface area (Å²) in [5.74, 6) is 0. The molecule has 0 bridgehead atoms. The van der Waals surface area contributed by atoms with Gasteiger partial charge in [-0.3, -0.25) is 0 Å². The molecule has 0 saturated carbocycles. The molecule has 42 heavy (non-hydrogen) atoms. The molecule has 0 unspecified atom stereocenters. The Morgan fingerprint density at radius 3 is 1.90 bits per heavy atom. The van der Waals surface area contributed by atoms with Crippen LogP contribution >= 0.6 is 0 Å². The first-order valence-electron chi connectivity index (χ1n) is 14.5. The molecule has 9 aromatic rings. The minimum absolute atomic E-state index is 0.0959. The zero-order valence-corrected chi connectivity index (χ0v) is 23.2. The van der Waals surface area contributed by atoms with Gasteiger partial charge in [-0.25, -0.2) is 0 Å². The van der Waals surface area contributed by atoms with E-state index in [1.165, 1.54) is 22.3 Å². The summed E-state index contributed by atoms with van der Waals surface area (Å²) < 4.78 is 15.9. The van der Waals surface area contributed by atoms with Crippen molar-refractivity contribution in [3.8, 4) is 16.8 Å². The maximum atomic E-state index is 6.81. The van der Waals surface area contributed by atoms with E-state index >= 15 is 0 Å². The van der Waals surface area contributed by atoms with Gasteiger partial charge < -0.3 is 13.4 Å². The van der Waals surface area contributed by atoms with Crippen LogP contribution in [-0.4, -0.2) is 4.57 Å². The van der Waals surface area contributed by atoms with E-state index in [1.807, 2.05) is 12.1 Å². The first kappa shape index (κ1) is 22.4. The molecule has 0 N–H and O–H groups in total. The average molecular weight is 540 g/mol. The van der Waals surface area contributed by atoms with Crippen LogP contribution in [0.4, 0.5) is 0 Å².